The molecule has 2 amide bonds. The third-order valence-corrected chi connectivity index (χ3v) is 3.50. The van der Waals surface area contributed by atoms with Crippen molar-refractivity contribution in [2.45, 2.75) is 5.92 Å². The largest absolute Gasteiger partial charge is 0.482 e. The Morgan fingerprint density at radius 2 is 2.23 bits per heavy atom. The molecule has 0 aliphatic carbocycles. The molecule has 1 aromatic carbocycles. The molecule has 0 spiro atoms. The van der Waals surface area contributed by atoms with Crippen molar-refractivity contribution < 1.29 is 23.1 Å². The van der Waals surface area contributed by atoms with E-state index < -0.39 is 30.8 Å². The van der Waals surface area contributed by atoms with Gasteiger partial charge in [0.05, 0.1) is 18.8 Å². The van der Waals surface area contributed by atoms with Gasteiger partial charge in [0.15, 0.2) is 6.61 Å². The highest BCUT2D eigenvalue weighted by Crippen LogP contribution is 2.34. The number of nitrogens with one attached hydrogen (secondary N) is 1. The molecule has 22 heavy (non-hydrogen) atoms. The van der Waals surface area contributed by atoms with Crippen molar-refractivity contribution in [2.24, 2.45) is 5.73 Å². The quantitative estimate of drug-likeness (QED) is 0.797. The van der Waals surface area contributed by atoms with Crippen molar-refractivity contribution in [2.75, 3.05) is 31.1 Å². The van der Waals surface area contributed by atoms with Crippen LogP contribution in [0.3, 0.4) is 0 Å². The molecule has 1 aromatic rings. The zero-order chi connectivity index (χ0) is 16.3. The molecule has 0 saturated carbocycles. The fraction of sp³-hybridized carbons (Fsp3) is 0.385. The van der Waals surface area contributed by atoms with Gasteiger partial charge in [-0.25, -0.2) is 8.78 Å². The molecule has 3 N–H and O–H groups in total. The standard InChI is InChI=1S/C13H14BrF2N3O3/c14-8-1-2-9-10(3-8)22-5-12(21)19(9)4-11(20)18-7-13(15,16)6-17/h1-3H,4-7,17H2,(H,18,20). The van der Waals surface area contributed by atoms with Gasteiger partial charge in [-0.1, -0.05) is 15.9 Å². The summed E-state index contributed by atoms with van der Waals surface area (Å²) in [7, 11) is 0. The Morgan fingerprint density at radius 1 is 1.50 bits per heavy atom. The molecule has 1 aliphatic heterocycles. The van der Waals surface area contributed by atoms with Crippen LogP contribution in [0, 0.1) is 0 Å². The van der Waals surface area contributed by atoms with Crippen LogP contribution in [0.4, 0.5) is 14.5 Å². The molecular formula is C13H14BrF2N3O3. The SMILES string of the molecule is NCC(F)(F)CNC(=O)CN1C(=O)COc2cc(Br)ccc21. The predicted molar refractivity (Wildman–Crippen MR) is 79.0 cm³/mol. The number of benzene rings is 1. The summed E-state index contributed by atoms with van der Waals surface area (Å²) in [5.74, 6) is -3.85. The zero-order valence-electron chi connectivity index (χ0n) is 11.4. The van der Waals surface area contributed by atoms with Crippen LogP contribution in [0.15, 0.2) is 22.7 Å². The highest BCUT2D eigenvalue weighted by molar-refractivity contribution is 9.10. The van der Waals surface area contributed by atoms with Gasteiger partial charge in [-0.2, -0.15) is 0 Å². The lowest BCUT2D eigenvalue weighted by Crippen LogP contribution is -2.48. The van der Waals surface area contributed by atoms with E-state index in [4.69, 9.17) is 10.5 Å². The normalized spacial score (nSPS) is 14.4. The van der Waals surface area contributed by atoms with Gasteiger partial charge in [-0.05, 0) is 18.2 Å². The molecule has 1 heterocycles. The first kappa shape index (κ1) is 16.6. The molecule has 9 heteroatoms. The van der Waals surface area contributed by atoms with E-state index in [0.717, 1.165) is 4.47 Å². The number of ether oxygens (including phenoxy) is 1. The summed E-state index contributed by atoms with van der Waals surface area (Å²) in [6.45, 7) is -2.30. The number of hydrogen-bond donors (Lipinski definition) is 2. The van der Waals surface area contributed by atoms with E-state index in [2.05, 4.69) is 21.2 Å². The molecule has 6 nitrogen and oxygen atoms in total. The maximum absolute atomic E-state index is 13.0. The first-order valence-corrected chi connectivity index (χ1v) is 7.19. The second-order valence-electron chi connectivity index (χ2n) is 4.72. The Labute approximate surface area is 133 Å². The Bertz CT molecular complexity index is 598. The van der Waals surface area contributed by atoms with E-state index in [1.54, 1.807) is 18.2 Å². The first-order chi connectivity index (χ1) is 10.3. The van der Waals surface area contributed by atoms with Crippen LogP contribution in [0.1, 0.15) is 0 Å². The van der Waals surface area contributed by atoms with Crippen molar-refractivity contribution in [1.29, 1.82) is 0 Å². The van der Waals surface area contributed by atoms with Gasteiger partial charge in [0.1, 0.15) is 12.3 Å². The molecule has 0 aromatic heterocycles. The Morgan fingerprint density at radius 3 is 2.91 bits per heavy atom. The number of rotatable bonds is 5. The summed E-state index contributed by atoms with van der Waals surface area (Å²) in [6, 6.07) is 4.96. The number of nitrogens with two attached hydrogens (primary N) is 1. The lowest BCUT2D eigenvalue weighted by molar-refractivity contribution is -0.126. The Kier molecular flexibility index (Phi) is 4.97. The van der Waals surface area contributed by atoms with Gasteiger partial charge in [-0.3, -0.25) is 14.5 Å². The van der Waals surface area contributed by atoms with E-state index in [0.29, 0.717) is 11.4 Å². The fourth-order valence-electron chi connectivity index (χ4n) is 1.85. The number of anilines is 1. The van der Waals surface area contributed by atoms with Crippen LogP contribution in [-0.4, -0.2) is 44.0 Å². The van der Waals surface area contributed by atoms with Crippen LogP contribution in [0.25, 0.3) is 0 Å². The maximum Gasteiger partial charge on any atom is 0.277 e. The minimum absolute atomic E-state index is 0.213. The molecule has 0 unspecified atom stereocenters. The summed E-state index contributed by atoms with van der Waals surface area (Å²) >= 11 is 3.27. The van der Waals surface area contributed by atoms with Crippen molar-refractivity contribution >= 4 is 33.4 Å². The number of amides is 2. The average Bonchev–Trinajstić information content (AvgIpc) is 2.48. The van der Waals surface area contributed by atoms with Crippen LogP contribution >= 0.6 is 15.9 Å². The van der Waals surface area contributed by atoms with Gasteiger partial charge < -0.3 is 15.8 Å². The molecular weight excluding hydrogens is 364 g/mol. The number of carbonyl (C=O) groups is 2. The smallest absolute Gasteiger partial charge is 0.277 e. The summed E-state index contributed by atoms with van der Waals surface area (Å²) < 4.78 is 32.0. The summed E-state index contributed by atoms with van der Waals surface area (Å²) in [5.41, 5.74) is 5.31. The lowest BCUT2D eigenvalue weighted by atomic mass is 10.2. The van der Waals surface area contributed by atoms with Gasteiger partial charge in [0.25, 0.3) is 11.8 Å². The minimum Gasteiger partial charge on any atom is -0.482 e. The molecule has 0 bridgehead atoms. The third kappa shape index (κ3) is 3.92. The molecule has 0 fully saturated rings. The van der Waals surface area contributed by atoms with Crippen LogP contribution < -0.4 is 20.7 Å². The highest BCUT2D eigenvalue weighted by Gasteiger charge is 2.30. The van der Waals surface area contributed by atoms with Gasteiger partial charge in [0.2, 0.25) is 5.91 Å². The molecule has 2 rings (SSSR count). The fourth-order valence-corrected chi connectivity index (χ4v) is 2.19. The lowest BCUT2D eigenvalue weighted by Gasteiger charge is -2.29. The number of nitrogens with zero attached hydrogens (tertiary/aromatic N) is 1. The number of hydrogen-bond acceptors (Lipinski definition) is 4. The zero-order valence-corrected chi connectivity index (χ0v) is 13.0. The Balaban J connectivity index is 2.06. The summed E-state index contributed by atoms with van der Waals surface area (Å²) in [6.07, 6.45) is 0. The van der Waals surface area contributed by atoms with E-state index in [9.17, 15) is 18.4 Å². The number of alkyl halides is 2. The molecule has 120 valence electrons. The molecule has 0 saturated heterocycles. The van der Waals surface area contributed by atoms with Crippen molar-refractivity contribution in [3.63, 3.8) is 0 Å². The molecule has 0 atom stereocenters. The van der Waals surface area contributed by atoms with Gasteiger partial charge >= 0.3 is 0 Å². The second-order valence-corrected chi connectivity index (χ2v) is 5.63. The number of halogens is 3. The summed E-state index contributed by atoms with van der Waals surface area (Å²) in [4.78, 5) is 24.8. The van der Waals surface area contributed by atoms with E-state index in [-0.39, 0.29) is 13.2 Å². The second kappa shape index (κ2) is 6.57. The van der Waals surface area contributed by atoms with Crippen LogP contribution in [-0.2, 0) is 9.59 Å². The minimum atomic E-state index is -3.17. The van der Waals surface area contributed by atoms with E-state index in [1.807, 2.05) is 0 Å². The van der Waals surface area contributed by atoms with Crippen molar-refractivity contribution in [3.8, 4) is 5.75 Å². The van der Waals surface area contributed by atoms with Crippen molar-refractivity contribution in [3.05, 3.63) is 22.7 Å². The van der Waals surface area contributed by atoms with Crippen molar-refractivity contribution in [1.82, 2.24) is 5.32 Å². The van der Waals surface area contributed by atoms with E-state index >= 15 is 0 Å². The molecule has 0 radical (unpaired) electrons. The maximum atomic E-state index is 13.0. The first-order valence-electron chi connectivity index (χ1n) is 6.40. The number of carbonyl (C=O) groups excluding carboxylic acids is 2. The Hall–Kier alpha value is -1.74. The van der Waals surface area contributed by atoms with E-state index in [1.165, 1.54) is 4.90 Å². The van der Waals surface area contributed by atoms with Gasteiger partial charge in [0, 0.05) is 4.47 Å². The predicted octanol–water partition coefficient (Wildman–Crippen LogP) is 0.885. The van der Waals surface area contributed by atoms with Gasteiger partial charge in [-0.15, -0.1) is 0 Å². The van der Waals surface area contributed by atoms with Crippen LogP contribution in [0.2, 0.25) is 0 Å². The number of fused-ring (bicyclic) bond motifs is 1. The average molecular weight is 378 g/mol. The van der Waals surface area contributed by atoms with Crippen LogP contribution in [0.5, 0.6) is 5.75 Å². The molecule has 1 aliphatic rings. The highest BCUT2D eigenvalue weighted by atomic mass is 79.9. The monoisotopic (exact) mass is 377 g/mol. The third-order valence-electron chi connectivity index (χ3n) is 3.01. The topological polar surface area (TPSA) is 84.7 Å². The summed E-state index contributed by atoms with van der Waals surface area (Å²) in [5, 5.41) is 2.07.